The molecule has 0 radical (unpaired) electrons. The van der Waals surface area contributed by atoms with Gasteiger partial charge in [0.1, 0.15) is 17.3 Å². The molecule has 2 N–H and O–H groups in total. The van der Waals surface area contributed by atoms with Crippen LogP contribution in [0.3, 0.4) is 0 Å². The Morgan fingerprint density at radius 1 is 1.28 bits per heavy atom. The SMILES string of the molecule is C[C@H](O)CNCc1ccc(-c2ccccc2F)o1. The lowest BCUT2D eigenvalue weighted by molar-refractivity contribution is 0.190. The van der Waals surface area contributed by atoms with Crippen LogP contribution in [0.4, 0.5) is 4.39 Å². The van der Waals surface area contributed by atoms with E-state index < -0.39 is 6.10 Å². The smallest absolute Gasteiger partial charge is 0.137 e. The van der Waals surface area contributed by atoms with Gasteiger partial charge in [0.05, 0.1) is 18.2 Å². The highest BCUT2D eigenvalue weighted by Crippen LogP contribution is 2.24. The number of nitrogens with one attached hydrogen (secondary N) is 1. The summed E-state index contributed by atoms with van der Waals surface area (Å²) in [6.45, 7) is 2.72. The molecule has 1 aromatic heterocycles. The van der Waals surface area contributed by atoms with E-state index in [0.29, 0.717) is 30.2 Å². The fourth-order valence-corrected chi connectivity index (χ4v) is 1.68. The summed E-state index contributed by atoms with van der Waals surface area (Å²) in [5.41, 5.74) is 0.458. The maximum Gasteiger partial charge on any atom is 0.137 e. The van der Waals surface area contributed by atoms with E-state index in [4.69, 9.17) is 9.52 Å². The summed E-state index contributed by atoms with van der Waals surface area (Å²) in [5.74, 6) is 0.936. The van der Waals surface area contributed by atoms with Gasteiger partial charge in [-0.05, 0) is 31.2 Å². The van der Waals surface area contributed by atoms with Gasteiger partial charge in [-0.2, -0.15) is 0 Å². The van der Waals surface area contributed by atoms with Crippen molar-refractivity contribution in [3.8, 4) is 11.3 Å². The average Bonchev–Trinajstić information content (AvgIpc) is 2.78. The number of halogens is 1. The lowest BCUT2D eigenvalue weighted by Crippen LogP contribution is -2.23. The number of benzene rings is 1. The second-order valence-electron chi connectivity index (χ2n) is 4.23. The normalized spacial score (nSPS) is 12.6. The molecule has 18 heavy (non-hydrogen) atoms. The van der Waals surface area contributed by atoms with Crippen LogP contribution >= 0.6 is 0 Å². The van der Waals surface area contributed by atoms with E-state index in [2.05, 4.69) is 5.32 Å². The van der Waals surface area contributed by atoms with Gasteiger partial charge in [0.15, 0.2) is 0 Å². The van der Waals surface area contributed by atoms with Gasteiger partial charge in [0.2, 0.25) is 0 Å². The van der Waals surface area contributed by atoms with Crippen LogP contribution in [0.2, 0.25) is 0 Å². The van der Waals surface area contributed by atoms with Crippen LogP contribution in [0.15, 0.2) is 40.8 Å². The van der Waals surface area contributed by atoms with Crippen molar-refractivity contribution in [2.75, 3.05) is 6.54 Å². The van der Waals surface area contributed by atoms with Crippen molar-refractivity contribution < 1.29 is 13.9 Å². The zero-order valence-electron chi connectivity index (χ0n) is 10.2. The molecule has 0 aliphatic rings. The second-order valence-corrected chi connectivity index (χ2v) is 4.23. The van der Waals surface area contributed by atoms with E-state index in [-0.39, 0.29) is 5.82 Å². The number of aliphatic hydroxyl groups is 1. The van der Waals surface area contributed by atoms with E-state index in [1.54, 1.807) is 37.3 Å². The third-order valence-electron chi connectivity index (χ3n) is 2.54. The molecule has 1 aromatic carbocycles. The minimum atomic E-state index is -0.397. The van der Waals surface area contributed by atoms with Gasteiger partial charge in [0.25, 0.3) is 0 Å². The Balaban J connectivity index is 2.04. The van der Waals surface area contributed by atoms with Crippen molar-refractivity contribution in [2.45, 2.75) is 19.6 Å². The summed E-state index contributed by atoms with van der Waals surface area (Å²) < 4.78 is 19.1. The molecule has 0 amide bonds. The topological polar surface area (TPSA) is 45.4 Å². The molecule has 2 rings (SSSR count). The predicted octanol–water partition coefficient (Wildman–Crippen LogP) is 2.56. The lowest BCUT2D eigenvalue weighted by atomic mass is 10.1. The van der Waals surface area contributed by atoms with Gasteiger partial charge in [-0.3, -0.25) is 0 Å². The molecule has 0 saturated carbocycles. The Hall–Kier alpha value is -1.65. The number of hydrogen-bond acceptors (Lipinski definition) is 3. The molecule has 4 heteroatoms. The molecule has 2 aromatic rings. The van der Waals surface area contributed by atoms with Crippen LogP contribution in [0.1, 0.15) is 12.7 Å². The predicted molar refractivity (Wildman–Crippen MR) is 67.5 cm³/mol. The Morgan fingerprint density at radius 2 is 2.06 bits per heavy atom. The molecule has 0 bridgehead atoms. The van der Waals surface area contributed by atoms with Crippen LogP contribution < -0.4 is 5.32 Å². The van der Waals surface area contributed by atoms with Crippen LogP contribution in [0.25, 0.3) is 11.3 Å². The van der Waals surface area contributed by atoms with Gasteiger partial charge >= 0.3 is 0 Å². The summed E-state index contributed by atoms with van der Waals surface area (Å²) in [6.07, 6.45) is -0.397. The Morgan fingerprint density at radius 3 is 2.78 bits per heavy atom. The third-order valence-corrected chi connectivity index (χ3v) is 2.54. The number of rotatable bonds is 5. The van der Waals surface area contributed by atoms with Gasteiger partial charge in [0, 0.05) is 6.54 Å². The van der Waals surface area contributed by atoms with Crippen molar-refractivity contribution in [3.63, 3.8) is 0 Å². The van der Waals surface area contributed by atoms with Gasteiger partial charge in [-0.1, -0.05) is 12.1 Å². The highest BCUT2D eigenvalue weighted by atomic mass is 19.1. The molecule has 0 aliphatic heterocycles. The molecule has 0 unspecified atom stereocenters. The molecule has 0 spiro atoms. The largest absolute Gasteiger partial charge is 0.460 e. The van der Waals surface area contributed by atoms with E-state index in [1.807, 2.05) is 0 Å². The first-order valence-corrected chi connectivity index (χ1v) is 5.89. The molecule has 0 saturated heterocycles. The summed E-state index contributed by atoms with van der Waals surface area (Å²) in [5, 5.41) is 12.2. The number of aliphatic hydroxyl groups excluding tert-OH is 1. The van der Waals surface area contributed by atoms with Gasteiger partial charge in [-0.15, -0.1) is 0 Å². The standard InChI is InChI=1S/C14H16FNO2/c1-10(17)8-16-9-11-6-7-14(18-11)12-4-2-3-5-13(12)15/h2-7,10,16-17H,8-9H2,1H3/t10-/m0/s1. The first-order valence-electron chi connectivity index (χ1n) is 5.89. The summed E-state index contributed by atoms with van der Waals surface area (Å²) in [7, 11) is 0. The zero-order valence-corrected chi connectivity index (χ0v) is 10.2. The fraction of sp³-hybridized carbons (Fsp3) is 0.286. The molecular weight excluding hydrogens is 233 g/mol. The minimum absolute atomic E-state index is 0.296. The van der Waals surface area contributed by atoms with E-state index in [1.165, 1.54) is 6.07 Å². The van der Waals surface area contributed by atoms with Gasteiger partial charge in [-0.25, -0.2) is 4.39 Å². The molecular formula is C14H16FNO2. The maximum atomic E-state index is 13.5. The number of furan rings is 1. The van der Waals surface area contributed by atoms with Crippen molar-refractivity contribution in [1.82, 2.24) is 5.32 Å². The van der Waals surface area contributed by atoms with Crippen molar-refractivity contribution in [2.24, 2.45) is 0 Å². The fourth-order valence-electron chi connectivity index (χ4n) is 1.68. The van der Waals surface area contributed by atoms with Crippen LogP contribution in [-0.4, -0.2) is 17.8 Å². The highest BCUT2D eigenvalue weighted by molar-refractivity contribution is 5.58. The maximum absolute atomic E-state index is 13.5. The highest BCUT2D eigenvalue weighted by Gasteiger charge is 2.08. The Bertz CT molecular complexity index is 508. The van der Waals surface area contributed by atoms with Gasteiger partial charge < -0.3 is 14.8 Å². The van der Waals surface area contributed by atoms with Crippen molar-refractivity contribution in [1.29, 1.82) is 0 Å². The minimum Gasteiger partial charge on any atom is -0.460 e. The average molecular weight is 249 g/mol. The Labute approximate surface area is 105 Å². The molecule has 96 valence electrons. The molecule has 1 heterocycles. The van der Waals surface area contributed by atoms with E-state index in [9.17, 15) is 4.39 Å². The van der Waals surface area contributed by atoms with Crippen molar-refractivity contribution >= 4 is 0 Å². The Kier molecular flexibility index (Phi) is 4.12. The van der Waals surface area contributed by atoms with Crippen LogP contribution in [-0.2, 0) is 6.54 Å². The first kappa shape index (κ1) is 12.8. The third kappa shape index (κ3) is 3.18. The molecule has 0 aliphatic carbocycles. The summed E-state index contributed by atoms with van der Waals surface area (Å²) >= 11 is 0. The zero-order chi connectivity index (χ0) is 13.0. The molecule has 0 fully saturated rings. The monoisotopic (exact) mass is 249 g/mol. The van der Waals surface area contributed by atoms with E-state index in [0.717, 1.165) is 0 Å². The van der Waals surface area contributed by atoms with Crippen LogP contribution in [0.5, 0.6) is 0 Å². The number of hydrogen-bond donors (Lipinski definition) is 2. The van der Waals surface area contributed by atoms with E-state index >= 15 is 0 Å². The first-order chi connectivity index (χ1) is 8.66. The quantitative estimate of drug-likeness (QED) is 0.856. The lowest BCUT2D eigenvalue weighted by Gasteiger charge is -2.04. The molecule has 1 atom stereocenters. The second kappa shape index (κ2) is 5.80. The van der Waals surface area contributed by atoms with Crippen molar-refractivity contribution in [3.05, 3.63) is 48.0 Å². The van der Waals surface area contributed by atoms with Crippen LogP contribution in [0, 0.1) is 5.82 Å². The summed E-state index contributed by atoms with van der Waals surface area (Å²) in [4.78, 5) is 0. The summed E-state index contributed by atoms with van der Waals surface area (Å²) in [6, 6.07) is 10.1. The molecule has 3 nitrogen and oxygen atoms in total.